The second-order valence-corrected chi connectivity index (χ2v) is 3.99. The molecule has 1 aliphatic rings. The summed E-state index contributed by atoms with van der Waals surface area (Å²) in [5, 5.41) is 5.49. The fourth-order valence-corrected chi connectivity index (χ4v) is 1.93. The number of rotatable bonds is 2. The van der Waals surface area contributed by atoms with Gasteiger partial charge in [0.15, 0.2) is 5.82 Å². The Labute approximate surface area is 105 Å². The highest BCUT2D eigenvalue weighted by Crippen LogP contribution is 2.25. The van der Waals surface area contributed by atoms with Crippen molar-refractivity contribution in [2.45, 2.75) is 5.92 Å². The molecular formula is C14H11N3O. The summed E-state index contributed by atoms with van der Waals surface area (Å²) in [5.74, 6) is 0.172. The highest BCUT2D eigenvalue weighted by atomic mass is 16.2. The van der Waals surface area contributed by atoms with E-state index in [2.05, 4.69) is 10.1 Å². The summed E-state index contributed by atoms with van der Waals surface area (Å²) in [7, 11) is 0. The van der Waals surface area contributed by atoms with Gasteiger partial charge in [-0.3, -0.25) is 4.79 Å². The molecule has 1 unspecified atom stereocenters. The average Bonchev–Trinajstić information content (AvgIpc) is 2.83. The third-order valence-corrected chi connectivity index (χ3v) is 2.83. The molecule has 3 rings (SSSR count). The first kappa shape index (κ1) is 10.7. The van der Waals surface area contributed by atoms with Crippen LogP contribution in [-0.2, 0) is 4.79 Å². The molecule has 2 aromatic rings. The van der Waals surface area contributed by atoms with Crippen molar-refractivity contribution in [3.63, 3.8) is 0 Å². The minimum atomic E-state index is -0.312. The molecule has 1 amide bonds. The first-order valence-corrected chi connectivity index (χ1v) is 5.70. The molecule has 0 saturated carbocycles. The van der Waals surface area contributed by atoms with E-state index in [1.54, 1.807) is 18.5 Å². The lowest BCUT2D eigenvalue weighted by Crippen LogP contribution is -2.25. The predicted molar refractivity (Wildman–Crippen MR) is 69.4 cm³/mol. The maximum atomic E-state index is 12.3. The number of carbonyl (C=O) groups excluding carboxylic acids is 1. The predicted octanol–water partition coefficient (Wildman–Crippen LogP) is 2.20. The average molecular weight is 237 g/mol. The number of anilines is 1. The molecule has 1 aromatic heterocycles. The van der Waals surface area contributed by atoms with Crippen LogP contribution < -0.4 is 5.01 Å². The summed E-state index contributed by atoms with van der Waals surface area (Å²) >= 11 is 0. The molecule has 0 saturated heterocycles. The highest BCUT2D eigenvalue weighted by molar-refractivity contribution is 6.11. The fourth-order valence-electron chi connectivity index (χ4n) is 1.93. The van der Waals surface area contributed by atoms with Crippen LogP contribution in [0.25, 0.3) is 0 Å². The monoisotopic (exact) mass is 237 g/mol. The highest BCUT2D eigenvalue weighted by Gasteiger charge is 2.31. The maximum Gasteiger partial charge on any atom is 0.261 e. The number of aromatic nitrogens is 1. The smallest absolute Gasteiger partial charge is 0.261 e. The lowest BCUT2D eigenvalue weighted by atomic mass is 10.0. The first-order chi connectivity index (χ1) is 8.86. The van der Waals surface area contributed by atoms with E-state index in [0.717, 1.165) is 5.56 Å². The van der Waals surface area contributed by atoms with Gasteiger partial charge < -0.3 is 0 Å². The van der Waals surface area contributed by atoms with E-state index in [4.69, 9.17) is 0 Å². The van der Waals surface area contributed by atoms with E-state index in [1.165, 1.54) is 5.01 Å². The molecule has 0 fully saturated rings. The number of benzene rings is 1. The third kappa shape index (κ3) is 1.78. The van der Waals surface area contributed by atoms with Crippen molar-refractivity contribution in [2.75, 3.05) is 5.01 Å². The molecule has 0 aliphatic carbocycles. The minimum absolute atomic E-state index is 0.0695. The minimum Gasteiger partial charge on any atom is -0.271 e. The zero-order chi connectivity index (χ0) is 12.4. The lowest BCUT2D eigenvalue weighted by Gasteiger charge is -2.12. The molecule has 0 radical (unpaired) electrons. The van der Waals surface area contributed by atoms with Gasteiger partial charge in [0.25, 0.3) is 5.91 Å². The van der Waals surface area contributed by atoms with Crippen LogP contribution in [0.2, 0.25) is 0 Å². The normalized spacial score (nSPS) is 18.3. The van der Waals surface area contributed by atoms with Gasteiger partial charge in [-0.15, -0.1) is 0 Å². The molecule has 18 heavy (non-hydrogen) atoms. The third-order valence-electron chi connectivity index (χ3n) is 2.83. The Hall–Kier alpha value is -2.49. The summed E-state index contributed by atoms with van der Waals surface area (Å²) in [6, 6.07) is 15.0. The van der Waals surface area contributed by atoms with Gasteiger partial charge in [-0.1, -0.05) is 36.4 Å². The van der Waals surface area contributed by atoms with Crippen LogP contribution in [0, 0.1) is 0 Å². The Morgan fingerprint density at radius 3 is 2.50 bits per heavy atom. The van der Waals surface area contributed by atoms with Crippen LogP contribution in [0.4, 0.5) is 5.82 Å². The van der Waals surface area contributed by atoms with Crippen molar-refractivity contribution < 1.29 is 4.79 Å². The zero-order valence-electron chi connectivity index (χ0n) is 9.60. The Balaban J connectivity index is 1.89. The van der Waals surface area contributed by atoms with Gasteiger partial charge in [0.1, 0.15) is 5.92 Å². The van der Waals surface area contributed by atoms with E-state index in [0.29, 0.717) is 5.82 Å². The van der Waals surface area contributed by atoms with Crippen LogP contribution in [0.5, 0.6) is 0 Å². The van der Waals surface area contributed by atoms with Crippen LogP contribution in [0.3, 0.4) is 0 Å². The van der Waals surface area contributed by atoms with Gasteiger partial charge in [-0.25, -0.2) is 4.98 Å². The second kappa shape index (κ2) is 4.41. The largest absolute Gasteiger partial charge is 0.271 e. The standard InChI is InChI=1S/C14H11N3O/c18-14-12(11-6-2-1-3-7-11)10-16-17(14)13-8-4-5-9-15-13/h1-10,12H. The Bertz CT molecular complexity index is 529. The lowest BCUT2D eigenvalue weighted by molar-refractivity contribution is -0.118. The maximum absolute atomic E-state index is 12.3. The van der Waals surface area contributed by atoms with E-state index in [1.807, 2.05) is 42.5 Å². The van der Waals surface area contributed by atoms with E-state index >= 15 is 0 Å². The Morgan fingerprint density at radius 1 is 1.00 bits per heavy atom. The molecule has 88 valence electrons. The van der Waals surface area contributed by atoms with Crippen molar-refractivity contribution in [1.29, 1.82) is 0 Å². The summed E-state index contributed by atoms with van der Waals surface area (Å²) in [5.41, 5.74) is 0.949. The van der Waals surface area contributed by atoms with Gasteiger partial charge in [0, 0.05) is 12.4 Å². The van der Waals surface area contributed by atoms with Gasteiger partial charge in [-0.05, 0) is 17.7 Å². The Kier molecular flexibility index (Phi) is 2.61. The summed E-state index contributed by atoms with van der Waals surface area (Å²) < 4.78 is 0. The topological polar surface area (TPSA) is 45.6 Å². The van der Waals surface area contributed by atoms with Crippen LogP contribution in [0.15, 0.2) is 59.8 Å². The SMILES string of the molecule is O=C1C(c2ccccc2)C=NN1c1ccccn1. The van der Waals surface area contributed by atoms with Crippen molar-refractivity contribution in [2.24, 2.45) is 5.10 Å². The first-order valence-electron chi connectivity index (χ1n) is 5.70. The van der Waals surface area contributed by atoms with Gasteiger partial charge in [0.2, 0.25) is 0 Å². The van der Waals surface area contributed by atoms with Gasteiger partial charge in [0.05, 0.1) is 0 Å². The number of carbonyl (C=O) groups is 1. The van der Waals surface area contributed by atoms with Crippen molar-refractivity contribution in [1.82, 2.24) is 4.98 Å². The summed E-state index contributed by atoms with van der Waals surface area (Å²) in [6.45, 7) is 0. The molecule has 1 aliphatic heterocycles. The number of pyridine rings is 1. The van der Waals surface area contributed by atoms with E-state index < -0.39 is 0 Å². The molecular weight excluding hydrogens is 226 g/mol. The number of hydrogen-bond donors (Lipinski definition) is 0. The molecule has 0 spiro atoms. The number of hydrogen-bond acceptors (Lipinski definition) is 3. The van der Waals surface area contributed by atoms with Crippen molar-refractivity contribution in [3.8, 4) is 0 Å². The van der Waals surface area contributed by atoms with E-state index in [-0.39, 0.29) is 11.8 Å². The second-order valence-electron chi connectivity index (χ2n) is 3.99. The van der Waals surface area contributed by atoms with E-state index in [9.17, 15) is 4.79 Å². The molecule has 1 atom stereocenters. The molecule has 0 N–H and O–H groups in total. The summed E-state index contributed by atoms with van der Waals surface area (Å²) in [4.78, 5) is 16.4. The zero-order valence-corrected chi connectivity index (χ0v) is 9.60. The van der Waals surface area contributed by atoms with Crippen LogP contribution >= 0.6 is 0 Å². The number of nitrogens with zero attached hydrogens (tertiary/aromatic N) is 3. The number of amides is 1. The quantitative estimate of drug-likeness (QED) is 0.803. The molecule has 4 heteroatoms. The molecule has 0 bridgehead atoms. The van der Waals surface area contributed by atoms with Crippen molar-refractivity contribution in [3.05, 3.63) is 60.3 Å². The van der Waals surface area contributed by atoms with Crippen molar-refractivity contribution >= 4 is 17.9 Å². The van der Waals surface area contributed by atoms with Gasteiger partial charge >= 0.3 is 0 Å². The van der Waals surface area contributed by atoms with Gasteiger partial charge in [-0.2, -0.15) is 10.1 Å². The van der Waals surface area contributed by atoms with Crippen LogP contribution in [-0.4, -0.2) is 17.1 Å². The summed E-state index contributed by atoms with van der Waals surface area (Å²) in [6.07, 6.45) is 3.31. The Morgan fingerprint density at radius 2 is 1.78 bits per heavy atom. The molecule has 1 aromatic carbocycles. The molecule has 4 nitrogen and oxygen atoms in total. The number of hydrazone groups is 1. The van der Waals surface area contributed by atoms with Crippen LogP contribution in [0.1, 0.15) is 11.5 Å². The fraction of sp³-hybridized carbons (Fsp3) is 0.0714. The molecule has 2 heterocycles.